The summed E-state index contributed by atoms with van der Waals surface area (Å²) >= 11 is 0. The second-order valence-electron chi connectivity index (χ2n) is 3.20. The molecule has 1 heterocycles. The quantitative estimate of drug-likeness (QED) is 0.720. The molecule has 0 amide bonds. The van der Waals surface area contributed by atoms with Gasteiger partial charge in [0.1, 0.15) is 13.1 Å². The molecule has 0 saturated carbocycles. The minimum atomic E-state index is -0.157. The van der Waals surface area contributed by atoms with Crippen molar-refractivity contribution in [2.45, 2.75) is 6.73 Å². The number of nitrogens with zero attached hydrogens (tertiary/aromatic N) is 3. The van der Waals surface area contributed by atoms with Crippen molar-refractivity contribution in [3.63, 3.8) is 0 Å². The zero-order valence-electron chi connectivity index (χ0n) is 8.83. The summed E-state index contributed by atoms with van der Waals surface area (Å²) in [5, 5.41) is 3.91. The number of ketones is 1. The minimum absolute atomic E-state index is 0.157. The van der Waals surface area contributed by atoms with Gasteiger partial charge in [-0.1, -0.05) is 30.3 Å². The number of benzene rings is 1. The number of carbonyl (C=O) groups excluding carboxylic acids is 1. The zero-order chi connectivity index (χ0) is 11.4. The van der Waals surface area contributed by atoms with E-state index in [9.17, 15) is 4.79 Å². The van der Waals surface area contributed by atoms with Gasteiger partial charge in [0.2, 0.25) is 11.6 Å². The zero-order valence-corrected chi connectivity index (χ0v) is 8.83. The fourth-order valence-corrected chi connectivity index (χ4v) is 1.38. The molecule has 0 aliphatic heterocycles. The molecule has 1 aromatic heterocycles. The molecule has 0 atom stereocenters. The molecule has 0 saturated heterocycles. The molecule has 2 aromatic rings. The van der Waals surface area contributed by atoms with E-state index in [1.807, 2.05) is 18.2 Å². The van der Waals surface area contributed by atoms with Crippen LogP contribution in [0.15, 0.2) is 36.7 Å². The highest BCUT2D eigenvalue weighted by molar-refractivity contribution is 6.06. The number of methoxy groups -OCH3 is 1. The third-order valence-electron chi connectivity index (χ3n) is 2.11. The molecule has 0 fully saturated rings. The third-order valence-corrected chi connectivity index (χ3v) is 2.11. The van der Waals surface area contributed by atoms with Crippen LogP contribution in [0.5, 0.6) is 0 Å². The van der Waals surface area contributed by atoms with Crippen LogP contribution < -0.4 is 0 Å². The van der Waals surface area contributed by atoms with E-state index >= 15 is 0 Å². The number of rotatable bonds is 4. The van der Waals surface area contributed by atoms with E-state index in [-0.39, 0.29) is 18.3 Å². The second kappa shape index (κ2) is 4.67. The van der Waals surface area contributed by atoms with Gasteiger partial charge in [0.05, 0.1) is 0 Å². The summed E-state index contributed by atoms with van der Waals surface area (Å²) in [6, 6.07) is 8.97. The largest absolute Gasteiger partial charge is 0.362 e. The molecule has 5 nitrogen and oxygen atoms in total. The average molecular weight is 217 g/mol. The monoisotopic (exact) mass is 217 g/mol. The molecule has 0 unspecified atom stereocenters. The molecule has 0 N–H and O–H groups in total. The van der Waals surface area contributed by atoms with Crippen molar-refractivity contribution < 1.29 is 9.53 Å². The SMILES string of the molecule is COCn1ncnc1C(=O)c1ccccc1. The lowest BCUT2D eigenvalue weighted by atomic mass is 10.1. The van der Waals surface area contributed by atoms with Crippen LogP contribution in [0.25, 0.3) is 0 Å². The highest BCUT2D eigenvalue weighted by atomic mass is 16.5. The van der Waals surface area contributed by atoms with E-state index < -0.39 is 0 Å². The molecule has 1 aromatic carbocycles. The Bertz CT molecular complexity index is 479. The van der Waals surface area contributed by atoms with Crippen molar-refractivity contribution in [1.29, 1.82) is 0 Å². The van der Waals surface area contributed by atoms with E-state index in [0.29, 0.717) is 5.56 Å². The normalized spacial score (nSPS) is 10.3. The Morgan fingerprint density at radius 1 is 1.38 bits per heavy atom. The summed E-state index contributed by atoms with van der Waals surface area (Å²) < 4.78 is 6.35. The van der Waals surface area contributed by atoms with Gasteiger partial charge in [-0.3, -0.25) is 4.79 Å². The smallest absolute Gasteiger partial charge is 0.230 e. The van der Waals surface area contributed by atoms with Crippen LogP contribution in [-0.2, 0) is 11.5 Å². The molecule has 0 aliphatic carbocycles. The summed E-state index contributed by atoms with van der Waals surface area (Å²) in [7, 11) is 1.54. The second-order valence-corrected chi connectivity index (χ2v) is 3.20. The summed E-state index contributed by atoms with van der Waals surface area (Å²) in [5.41, 5.74) is 0.591. The molecule has 0 spiro atoms. The van der Waals surface area contributed by atoms with E-state index in [2.05, 4.69) is 10.1 Å². The van der Waals surface area contributed by atoms with Crippen LogP contribution in [0.4, 0.5) is 0 Å². The van der Waals surface area contributed by atoms with Crippen LogP contribution in [0.1, 0.15) is 16.2 Å². The standard InChI is InChI=1S/C11H11N3O2/c1-16-8-14-11(12-7-13-14)10(15)9-5-3-2-4-6-9/h2-7H,8H2,1H3. The maximum atomic E-state index is 12.0. The fourth-order valence-electron chi connectivity index (χ4n) is 1.38. The summed E-state index contributed by atoms with van der Waals surface area (Å²) in [6.45, 7) is 0.216. The maximum absolute atomic E-state index is 12.0. The molecule has 5 heteroatoms. The Balaban J connectivity index is 2.31. The van der Waals surface area contributed by atoms with Gasteiger partial charge in [0, 0.05) is 12.7 Å². The topological polar surface area (TPSA) is 57.0 Å². The van der Waals surface area contributed by atoms with Crippen LogP contribution in [0.3, 0.4) is 0 Å². The number of hydrogen-bond acceptors (Lipinski definition) is 4. The molecule has 0 aliphatic rings. The highest BCUT2D eigenvalue weighted by Gasteiger charge is 2.15. The lowest BCUT2D eigenvalue weighted by Crippen LogP contribution is -2.13. The van der Waals surface area contributed by atoms with Gasteiger partial charge in [-0.25, -0.2) is 9.67 Å². The van der Waals surface area contributed by atoms with Gasteiger partial charge in [-0.05, 0) is 0 Å². The van der Waals surface area contributed by atoms with Crippen LogP contribution >= 0.6 is 0 Å². The Labute approximate surface area is 92.7 Å². The fraction of sp³-hybridized carbons (Fsp3) is 0.182. The summed E-state index contributed by atoms with van der Waals surface area (Å²) in [6.07, 6.45) is 1.34. The lowest BCUT2D eigenvalue weighted by Gasteiger charge is -2.03. The van der Waals surface area contributed by atoms with Crippen LogP contribution in [0, 0.1) is 0 Å². The van der Waals surface area contributed by atoms with E-state index in [1.54, 1.807) is 19.2 Å². The first-order valence-corrected chi connectivity index (χ1v) is 4.79. The summed E-state index contributed by atoms with van der Waals surface area (Å²) in [5.74, 6) is 0.128. The molecule has 0 bridgehead atoms. The molecule has 82 valence electrons. The lowest BCUT2D eigenvalue weighted by molar-refractivity contribution is 0.0959. The van der Waals surface area contributed by atoms with Gasteiger partial charge in [-0.2, -0.15) is 5.10 Å². The predicted molar refractivity (Wildman–Crippen MR) is 56.9 cm³/mol. The van der Waals surface area contributed by atoms with Gasteiger partial charge < -0.3 is 4.74 Å². The minimum Gasteiger partial charge on any atom is -0.362 e. The molecule has 16 heavy (non-hydrogen) atoms. The Morgan fingerprint density at radius 3 is 2.81 bits per heavy atom. The first-order chi connectivity index (χ1) is 7.83. The van der Waals surface area contributed by atoms with E-state index in [0.717, 1.165) is 0 Å². The van der Waals surface area contributed by atoms with Crippen molar-refractivity contribution in [1.82, 2.24) is 14.8 Å². The highest BCUT2D eigenvalue weighted by Crippen LogP contribution is 2.06. The van der Waals surface area contributed by atoms with Gasteiger partial charge >= 0.3 is 0 Å². The third kappa shape index (κ3) is 1.99. The van der Waals surface area contributed by atoms with E-state index in [1.165, 1.54) is 11.0 Å². The molecular formula is C11H11N3O2. The number of hydrogen-bond donors (Lipinski definition) is 0. The number of aromatic nitrogens is 3. The molecule has 0 radical (unpaired) electrons. The first-order valence-electron chi connectivity index (χ1n) is 4.79. The van der Waals surface area contributed by atoms with Crippen molar-refractivity contribution in [2.75, 3.05) is 7.11 Å². The summed E-state index contributed by atoms with van der Waals surface area (Å²) in [4.78, 5) is 16.0. The van der Waals surface area contributed by atoms with Crippen molar-refractivity contribution in [3.05, 3.63) is 48.0 Å². The van der Waals surface area contributed by atoms with Crippen LogP contribution in [0.2, 0.25) is 0 Å². The first kappa shape index (κ1) is 10.5. The van der Waals surface area contributed by atoms with Crippen molar-refractivity contribution >= 4 is 5.78 Å². The number of carbonyl (C=O) groups is 1. The Morgan fingerprint density at radius 2 is 2.12 bits per heavy atom. The maximum Gasteiger partial charge on any atom is 0.230 e. The average Bonchev–Trinajstić information content (AvgIpc) is 2.78. The number of ether oxygens (including phenoxy) is 1. The Hall–Kier alpha value is -2.01. The van der Waals surface area contributed by atoms with Gasteiger partial charge in [0.25, 0.3) is 0 Å². The van der Waals surface area contributed by atoms with Gasteiger partial charge in [0.15, 0.2) is 0 Å². The van der Waals surface area contributed by atoms with E-state index in [4.69, 9.17) is 4.74 Å². The van der Waals surface area contributed by atoms with Crippen molar-refractivity contribution in [2.24, 2.45) is 0 Å². The molecule has 2 rings (SSSR count). The molecular weight excluding hydrogens is 206 g/mol. The van der Waals surface area contributed by atoms with Gasteiger partial charge in [-0.15, -0.1) is 0 Å². The Kier molecular flexibility index (Phi) is 3.07. The van der Waals surface area contributed by atoms with Crippen molar-refractivity contribution in [3.8, 4) is 0 Å². The predicted octanol–water partition coefficient (Wildman–Crippen LogP) is 1.11. The van der Waals surface area contributed by atoms with Crippen LogP contribution in [-0.4, -0.2) is 27.7 Å².